The lowest BCUT2D eigenvalue weighted by atomic mass is 10.1. The van der Waals surface area contributed by atoms with Crippen molar-refractivity contribution < 1.29 is 9.18 Å². The van der Waals surface area contributed by atoms with Gasteiger partial charge in [-0.2, -0.15) is 5.10 Å². The van der Waals surface area contributed by atoms with Crippen LogP contribution in [-0.2, 0) is 0 Å². The van der Waals surface area contributed by atoms with Gasteiger partial charge in [0.1, 0.15) is 11.4 Å². The summed E-state index contributed by atoms with van der Waals surface area (Å²) in [5.41, 5.74) is 2.45. The van der Waals surface area contributed by atoms with Crippen molar-refractivity contribution >= 4 is 11.6 Å². The van der Waals surface area contributed by atoms with Gasteiger partial charge in [0.05, 0.1) is 11.9 Å². The Balaban J connectivity index is 2.04. The Morgan fingerprint density at radius 3 is 2.74 bits per heavy atom. The second-order valence-corrected chi connectivity index (χ2v) is 5.41. The van der Waals surface area contributed by atoms with E-state index in [0.717, 1.165) is 17.7 Å². The van der Waals surface area contributed by atoms with E-state index in [-0.39, 0.29) is 17.8 Å². The van der Waals surface area contributed by atoms with E-state index in [0.29, 0.717) is 11.2 Å². The van der Waals surface area contributed by atoms with Crippen molar-refractivity contribution in [1.82, 2.24) is 19.9 Å². The zero-order valence-electron chi connectivity index (χ0n) is 13.0. The lowest BCUT2D eigenvalue weighted by Crippen LogP contribution is -2.31. The van der Waals surface area contributed by atoms with Crippen molar-refractivity contribution in [2.24, 2.45) is 0 Å². The van der Waals surface area contributed by atoms with Gasteiger partial charge in [0.25, 0.3) is 5.91 Å². The normalized spacial score (nSPS) is 12.3. The van der Waals surface area contributed by atoms with Crippen LogP contribution in [0.3, 0.4) is 0 Å². The van der Waals surface area contributed by atoms with Crippen LogP contribution in [0.4, 0.5) is 4.39 Å². The summed E-state index contributed by atoms with van der Waals surface area (Å²) in [7, 11) is 0. The fraction of sp³-hybridized carbons (Fsp3) is 0.235. The van der Waals surface area contributed by atoms with Crippen LogP contribution in [0, 0.1) is 5.82 Å². The number of nitrogens with zero attached hydrogens (tertiary/aromatic N) is 3. The van der Waals surface area contributed by atoms with E-state index >= 15 is 0 Å². The summed E-state index contributed by atoms with van der Waals surface area (Å²) in [6.07, 6.45) is 3.97. The predicted octanol–water partition coefficient (Wildman–Crippen LogP) is 3.06. The Morgan fingerprint density at radius 2 is 2.04 bits per heavy atom. The molecule has 0 aliphatic heterocycles. The highest BCUT2D eigenvalue weighted by molar-refractivity contribution is 6.00. The number of hydrogen-bond acceptors (Lipinski definition) is 3. The molecular weight excluding hydrogens is 295 g/mol. The molecule has 0 radical (unpaired) electrons. The molecule has 3 aromatic rings. The summed E-state index contributed by atoms with van der Waals surface area (Å²) in [5.74, 6) is -0.494. The largest absolute Gasteiger partial charge is 0.349 e. The Labute approximate surface area is 133 Å². The van der Waals surface area contributed by atoms with Gasteiger partial charge in [0, 0.05) is 17.8 Å². The Hall–Kier alpha value is -2.76. The summed E-state index contributed by atoms with van der Waals surface area (Å²) in [5, 5.41) is 7.18. The second-order valence-electron chi connectivity index (χ2n) is 5.41. The molecule has 0 saturated heterocycles. The molecule has 1 aromatic carbocycles. The van der Waals surface area contributed by atoms with Crippen LogP contribution < -0.4 is 5.32 Å². The molecule has 0 aliphatic rings. The van der Waals surface area contributed by atoms with Gasteiger partial charge >= 0.3 is 0 Å². The van der Waals surface area contributed by atoms with Gasteiger partial charge in [-0.25, -0.2) is 13.9 Å². The van der Waals surface area contributed by atoms with E-state index in [2.05, 4.69) is 15.4 Å². The van der Waals surface area contributed by atoms with E-state index < -0.39 is 0 Å². The first kappa shape index (κ1) is 15.1. The molecule has 118 valence electrons. The molecular formula is C17H17FN4O. The number of carbonyl (C=O) groups excluding carboxylic acids is 1. The lowest BCUT2D eigenvalue weighted by molar-refractivity contribution is 0.0940. The number of aromatic nitrogens is 3. The summed E-state index contributed by atoms with van der Waals surface area (Å²) < 4.78 is 14.7. The molecule has 0 aliphatic carbocycles. The molecule has 2 heterocycles. The highest BCUT2D eigenvalue weighted by Crippen LogP contribution is 2.21. The third-order valence-electron chi connectivity index (χ3n) is 3.78. The van der Waals surface area contributed by atoms with Crippen molar-refractivity contribution in [1.29, 1.82) is 0 Å². The summed E-state index contributed by atoms with van der Waals surface area (Å²) >= 11 is 0. The van der Waals surface area contributed by atoms with Crippen LogP contribution in [0.1, 0.15) is 30.6 Å². The zero-order valence-corrected chi connectivity index (χ0v) is 13.0. The van der Waals surface area contributed by atoms with E-state index in [1.807, 2.05) is 13.8 Å². The number of hydrogen-bond donors (Lipinski definition) is 1. The third kappa shape index (κ3) is 2.92. The summed E-state index contributed by atoms with van der Waals surface area (Å²) in [6, 6.07) is 7.99. The van der Waals surface area contributed by atoms with E-state index in [4.69, 9.17) is 0 Å². The third-order valence-corrected chi connectivity index (χ3v) is 3.78. The average Bonchev–Trinajstić information content (AvgIpc) is 2.99. The quantitative estimate of drug-likeness (QED) is 0.805. The van der Waals surface area contributed by atoms with Gasteiger partial charge in [-0.05, 0) is 43.7 Å². The van der Waals surface area contributed by atoms with E-state index in [1.54, 1.807) is 28.9 Å². The van der Waals surface area contributed by atoms with Gasteiger partial charge < -0.3 is 5.32 Å². The number of halogens is 1. The molecule has 1 unspecified atom stereocenters. The lowest BCUT2D eigenvalue weighted by Gasteiger charge is -2.10. The Kier molecular flexibility index (Phi) is 4.06. The molecule has 0 saturated carbocycles. The van der Waals surface area contributed by atoms with Crippen molar-refractivity contribution in [2.45, 2.75) is 26.3 Å². The summed E-state index contributed by atoms with van der Waals surface area (Å²) in [6.45, 7) is 3.95. The first-order valence-electron chi connectivity index (χ1n) is 7.49. The molecule has 1 atom stereocenters. The monoisotopic (exact) mass is 312 g/mol. The fourth-order valence-corrected chi connectivity index (χ4v) is 2.29. The SMILES string of the molecule is CCC(C)NC(=O)c1cnn2c(-c3ccc(F)cc3)ccnc12. The van der Waals surface area contributed by atoms with Crippen molar-refractivity contribution in [3.63, 3.8) is 0 Å². The molecule has 23 heavy (non-hydrogen) atoms. The molecule has 2 aromatic heterocycles. The van der Waals surface area contributed by atoms with Crippen LogP contribution in [0.2, 0.25) is 0 Å². The number of fused-ring (bicyclic) bond motifs is 1. The minimum absolute atomic E-state index is 0.0812. The molecule has 0 fully saturated rings. The zero-order chi connectivity index (χ0) is 16.4. The number of nitrogens with one attached hydrogen (secondary N) is 1. The maximum atomic E-state index is 13.1. The van der Waals surface area contributed by atoms with E-state index in [9.17, 15) is 9.18 Å². The van der Waals surface area contributed by atoms with Gasteiger partial charge in [-0.15, -0.1) is 0 Å². The van der Waals surface area contributed by atoms with E-state index in [1.165, 1.54) is 18.3 Å². The van der Waals surface area contributed by atoms with Gasteiger partial charge in [-0.1, -0.05) is 6.92 Å². The van der Waals surface area contributed by atoms with Crippen LogP contribution in [0.25, 0.3) is 16.9 Å². The smallest absolute Gasteiger partial charge is 0.256 e. The van der Waals surface area contributed by atoms with Crippen LogP contribution >= 0.6 is 0 Å². The summed E-state index contributed by atoms with van der Waals surface area (Å²) in [4.78, 5) is 16.6. The standard InChI is InChI=1S/C17H17FN4O/c1-3-11(2)21-17(23)14-10-20-22-15(8-9-19-16(14)22)12-4-6-13(18)7-5-12/h4-11H,3H2,1-2H3,(H,21,23). The second kappa shape index (κ2) is 6.16. The highest BCUT2D eigenvalue weighted by Gasteiger charge is 2.17. The van der Waals surface area contributed by atoms with Crippen LogP contribution in [0.15, 0.2) is 42.7 Å². The molecule has 1 amide bonds. The average molecular weight is 312 g/mol. The highest BCUT2D eigenvalue weighted by atomic mass is 19.1. The van der Waals surface area contributed by atoms with Crippen molar-refractivity contribution in [3.8, 4) is 11.3 Å². The number of carbonyl (C=O) groups is 1. The molecule has 5 nitrogen and oxygen atoms in total. The Bertz CT molecular complexity index is 841. The maximum absolute atomic E-state index is 13.1. The minimum atomic E-state index is -0.298. The molecule has 0 spiro atoms. The number of amides is 1. The molecule has 1 N–H and O–H groups in total. The van der Waals surface area contributed by atoms with Gasteiger partial charge in [0.2, 0.25) is 0 Å². The topological polar surface area (TPSA) is 59.3 Å². The van der Waals surface area contributed by atoms with Gasteiger partial charge in [-0.3, -0.25) is 4.79 Å². The minimum Gasteiger partial charge on any atom is -0.349 e. The molecule has 6 heteroatoms. The van der Waals surface area contributed by atoms with Gasteiger partial charge in [0.15, 0.2) is 5.65 Å². The molecule has 0 bridgehead atoms. The first-order valence-corrected chi connectivity index (χ1v) is 7.49. The van der Waals surface area contributed by atoms with Crippen LogP contribution in [0.5, 0.6) is 0 Å². The van der Waals surface area contributed by atoms with Crippen LogP contribution in [-0.4, -0.2) is 26.5 Å². The predicted molar refractivity (Wildman–Crippen MR) is 85.6 cm³/mol. The first-order chi connectivity index (χ1) is 11.1. The van der Waals surface area contributed by atoms with Crippen molar-refractivity contribution in [3.05, 3.63) is 54.1 Å². The Morgan fingerprint density at radius 1 is 1.30 bits per heavy atom. The van der Waals surface area contributed by atoms with Crippen molar-refractivity contribution in [2.75, 3.05) is 0 Å². The fourth-order valence-electron chi connectivity index (χ4n) is 2.29. The number of benzene rings is 1. The number of rotatable bonds is 4. The maximum Gasteiger partial charge on any atom is 0.256 e. The molecule has 3 rings (SSSR count).